The summed E-state index contributed by atoms with van der Waals surface area (Å²) in [6.07, 6.45) is 22.6. The quantitative estimate of drug-likeness (QED) is 0.144. The molecule has 1 saturated carbocycles. The molecule has 0 aromatic rings. The van der Waals surface area contributed by atoms with Gasteiger partial charge in [-0.15, -0.1) is 0 Å². The first-order chi connectivity index (χ1) is 15.9. The molecule has 1 unspecified atom stereocenters. The highest BCUT2D eigenvalue weighted by Gasteiger charge is 2.31. The zero-order chi connectivity index (χ0) is 24.3. The Morgan fingerprint density at radius 2 is 1.12 bits per heavy atom. The molecule has 0 spiro atoms. The fourth-order valence-electron chi connectivity index (χ4n) is 5.06. The van der Waals surface area contributed by atoms with E-state index in [-0.39, 0.29) is 23.9 Å². The number of carboxylic acid groups (broad SMARTS) is 1. The van der Waals surface area contributed by atoms with Crippen LogP contribution in [0.15, 0.2) is 0 Å². The number of hydrogen-bond acceptors (Lipinski definition) is 3. The van der Waals surface area contributed by atoms with Crippen LogP contribution in [0.2, 0.25) is 0 Å². The first-order valence-corrected chi connectivity index (χ1v) is 14.4. The van der Waals surface area contributed by atoms with Crippen molar-refractivity contribution in [3.63, 3.8) is 0 Å². The van der Waals surface area contributed by atoms with Gasteiger partial charge in [0.25, 0.3) is 0 Å². The number of carboxylic acids is 1. The minimum absolute atomic E-state index is 0.0457. The lowest BCUT2D eigenvalue weighted by molar-refractivity contribution is -0.158. The SMILES string of the molecule is CCCCCCCCCCCC(CCCCCCC(C)C)OC(=O)C1CCC(C(=O)O)CC1. The van der Waals surface area contributed by atoms with Gasteiger partial charge >= 0.3 is 11.9 Å². The fraction of sp³-hybridized carbons (Fsp3) is 0.931. The smallest absolute Gasteiger partial charge is 0.309 e. The summed E-state index contributed by atoms with van der Waals surface area (Å²) in [7, 11) is 0. The van der Waals surface area contributed by atoms with Gasteiger partial charge in [-0.2, -0.15) is 0 Å². The maximum absolute atomic E-state index is 12.8. The largest absolute Gasteiger partial charge is 0.481 e. The Balaban J connectivity index is 2.32. The van der Waals surface area contributed by atoms with Crippen LogP contribution in [-0.4, -0.2) is 23.1 Å². The highest BCUT2D eigenvalue weighted by atomic mass is 16.5. The number of unbranched alkanes of at least 4 members (excludes halogenated alkanes) is 11. The van der Waals surface area contributed by atoms with Gasteiger partial charge < -0.3 is 9.84 Å². The third-order valence-corrected chi connectivity index (χ3v) is 7.38. The molecule has 194 valence electrons. The van der Waals surface area contributed by atoms with E-state index in [0.717, 1.165) is 31.6 Å². The van der Waals surface area contributed by atoms with E-state index in [1.165, 1.54) is 77.0 Å². The summed E-state index contributed by atoms with van der Waals surface area (Å²) in [6.45, 7) is 6.82. The molecule has 0 saturated heterocycles. The van der Waals surface area contributed by atoms with E-state index >= 15 is 0 Å². The van der Waals surface area contributed by atoms with Crippen molar-refractivity contribution < 1.29 is 19.4 Å². The average molecular weight is 467 g/mol. The Kier molecular flexibility index (Phi) is 17.5. The van der Waals surface area contributed by atoms with Crippen molar-refractivity contribution in [1.29, 1.82) is 0 Å². The predicted molar refractivity (Wildman–Crippen MR) is 137 cm³/mol. The molecule has 1 fully saturated rings. The summed E-state index contributed by atoms with van der Waals surface area (Å²) >= 11 is 0. The highest BCUT2D eigenvalue weighted by molar-refractivity contribution is 5.74. The fourth-order valence-corrected chi connectivity index (χ4v) is 5.06. The van der Waals surface area contributed by atoms with Crippen LogP contribution in [0.4, 0.5) is 0 Å². The molecule has 4 nitrogen and oxygen atoms in total. The Hall–Kier alpha value is -1.06. The Labute approximate surface area is 204 Å². The molecular formula is C29H54O4. The molecule has 0 heterocycles. The van der Waals surface area contributed by atoms with Gasteiger partial charge in [0, 0.05) is 0 Å². The van der Waals surface area contributed by atoms with E-state index < -0.39 is 5.97 Å². The summed E-state index contributed by atoms with van der Waals surface area (Å²) in [5.41, 5.74) is 0. The molecule has 1 rings (SSSR count). The molecule has 1 aliphatic rings. The number of aliphatic carboxylic acids is 1. The number of ether oxygens (including phenoxy) is 1. The van der Waals surface area contributed by atoms with Gasteiger partial charge in [0.15, 0.2) is 0 Å². The van der Waals surface area contributed by atoms with Crippen molar-refractivity contribution in [1.82, 2.24) is 0 Å². The molecule has 1 N–H and O–H groups in total. The minimum Gasteiger partial charge on any atom is -0.481 e. The molecule has 0 radical (unpaired) electrons. The van der Waals surface area contributed by atoms with Crippen LogP contribution in [0, 0.1) is 17.8 Å². The highest BCUT2D eigenvalue weighted by Crippen LogP contribution is 2.30. The molecule has 4 heteroatoms. The van der Waals surface area contributed by atoms with Gasteiger partial charge in [-0.05, 0) is 57.3 Å². The number of carbonyl (C=O) groups excluding carboxylic acids is 1. The second kappa shape index (κ2) is 19.3. The molecule has 33 heavy (non-hydrogen) atoms. The van der Waals surface area contributed by atoms with Gasteiger partial charge in [-0.25, -0.2) is 0 Å². The minimum atomic E-state index is -0.720. The third-order valence-electron chi connectivity index (χ3n) is 7.38. The lowest BCUT2D eigenvalue weighted by Crippen LogP contribution is -2.29. The number of hydrogen-bond donors (Lipinski definition) is 1. The van der Waals surface area contributed by atoms with Crippen molar-refractivity contribution >= 4 is 11.9 Å². The second-order valence-electron chi connectivity index (χ2n) is 10.9. The zero-order valence-corrected chi connectivity index (χ0v) is 22.1. The Morgan fingerprint density at radius 3 is 1.58 bits per heavy atom. The van der Waals surface area contributed by atoms with Crippen LogP contribution in [0.25, 0.3) is 0 Å². The van der Waals surface area contributed by atoms with Crippen molar-refractivity contribution in [2.24, 2.45) is 17.8 Å². The van der Waals surface area contributed by atoms with Crippen molar-refractivity contribution in [3.05, 3.63) is 0 Å². The van der Waals surface area contributed by atoms with Crippen LogP contribution < -0.4 is 0 Å². The third kappa shape index (κ3) is 15.5. The topological polar surface area (TPSA) is 63.6 Å². The molecule has 0 aromatic heterocycles. The van der Waals surface area contributed by atoms with Crippen LogP contribution in [0.5, 0.6) is 0 Å². The van der Waals surface area contributed by atoms with Crippen molar-refractivity contribution in [2.75, 3.05) is 0 Å². The van der Waals surface area contributed by atoms with E-state index in [1.54, 1.807) is 0 Å². The first kappa shape index (κ1) is 30.0. The number of esters is 1. The van der Waals surface area contributed by atoms with Gasteiger partial charge in [-0.3, -0.25) is 9.59 Å². The maximum atomic E-state index is 12.8. The monoisotopic (exact) mass is 466 g/mol. The average Bonchev–Trinajstić information content (AvgIpc) is 2.79. The van der Waals surface area contributed by atoms with E-state index in [4.69, 9.17) is 4.74 Å². The Bertz CT molecular complexity index is 494. The van der Waals surface area contributed by atoms with Crippen molar-refractivity contribution in [3.8, 4) is 0 Å². The summed E-state index contributed by atoms with van der Waals surface area (Å²) < 4.78 is 6.02. The molecule has 0 amide bonds. The van der Waals surface area contributed by atoms with E-state index in [2.05, 4.69) is 20.8 Å². The van der Waals surface area contributed by atoms with E-state index in [0.29, 0.717) is 25.7 Å². The number of carbonyl (C=O) groups is 2. The zero-order valence-electron chi connectivity index (χ0n) is 22.1. The molecule has 1 atom stereocenters. The summed E-state index contributed by atoms with van der Waals surface area (Å²) in [6, 6.07) is 0. The van der Waals surface area contributed by atoms with E-state index in [9.17, 15) is 14.7 Å². The standard InChI is InChI=1S/C29H54O4/c1-4-5-6-7-8-9-10-11-15-18-27(19-16-13-12-14-17-24(2)3)33-29(32)26-22-20-25(21-23-26)28(30)31/h24-27H,4-23H2,1-3H3,(H,30,31). The first-order valence-electron chi connectivity index (χ1n) is 14.4. The predicted octanol–water partition coefficient (Wildman–Crippen LogP) is 8.71. The van der Waals surface area contributed by atoms with Crippen LogP contribution in [0.3, 0.4) is 0 Å². The van der Waals surface area contributed by atoms with Gasteiger partial charge in [0.2, 0.25) is 0 Å². The molecule has 0 aromatic carbocycles. The lowest BCUT2D eigenvalue weighted by Gasteiger charge is -2.27. The van der Waals surface area contributed by atoms with Crippen LogP contribution in [-0.2, 0) is 14.3 Å². The van der Waals surface area contributed by atoms with Gasteiger partial charge in [0.05, 0.1) is 11.8 Å². The van der Waals surface area contributed by atoms with E-state index in [1.807, 2.05) is 0 Å². The maximum Gasteiger partial charge on any atom is 0.309 e. The second-order valence-corrected chi connectivity index (χ2v) is 10.9. The van der Waals surface area contributed by atoms with Crippen LogP contribution >= 0.6 is 0 Å². The number of rotatable bonds is 20. The normalized spacial score (nSPS) is 19.5. The van der Waals surface area contributed by atoms with Gasteiger partial charge in [-0.1, -0.05) is 97.8 Å². The summed E-state index contributed by atoms with van der Waals surface area (Å²) in [5, 5.41) is 9.19. The summed E-state index contributed by atoms with van der Waals surface area (Å²) in [4.78, 5) is 24.0. The lowest BCUT2D eigenvalue weighted by atomic mass is 9.82. The van der Waals surface area contributed by atoms with Gasteiger partial charge in [0.1, 0.15) is 6.10 Å². The Morgan fingerprint density at radius 1 is 0.697 bits per heavy atom. The van der Waals surface area contributed by atoms with Crippen molar-refractivity contribution in [2.45, 2.75) is 155 Å². The molecular weight excluding hydrogens is 412 g/mol. The molecule has 0 bridgehead atoms. The van der Waals surface area contributed by atoms with Crippen LogP contribution in [0.1, 0.15) is 149 Å². The summed E-state index contributed by atoms with van der Waals surface area (Å²) in [5.74, 6) is -0.390. The molecule has 0 aliphatic heterocycles. The molecule has 1 aliphatic carbocycles.